The molecule has 0 amide bonds. The fraction of sp³-hybridized carbons (Fsp3) is 0.217. The predicted octanol–water partition coefficient (Wildman–Crippen LogP) is 3.88. The van der Waals surface area contributed by atoms with Crippen LogP contribution in [-0.4, -0.2) is 32.8 Å². The summed E-state index contributed by atoms with van der Waals surface area (Å²) in [5, 5.41) is 10.5. The molecule has 0 aliphatic heterocycles. The summed E-state index contributed by atoms with van der Waals surface area (Å²) in [7, 11) is -3.82. The Kier molecular flexibility index (Phi) is 6.90. The van der Waals surface area contributed by atoms with Crippen molar-refractivity contribution in [1.82, 2.24) is 0 Å². The van der Waals surface area contributed by atoms with Crippen LogP contribution in [0.25, 0.3) is 0 Å². The molecule has 0 aliphatic carbocycles. The number of aryl methyl sites for hydroxylation is 1. The summed E-state index contributed by atoms with van der Waals surface area (Å²) in [6.45, 7) is 1.94. The summed E-state index contributed by atoms with van der Waals surface area (Å²) in [5.41, 5.74) is 1.69. The number of nitrogens with zero attached hydrogens (tertiary/aromatic N) is 1. The van der Waals surface area contributed by atoms with Crippen molar-refractivity contribution < 1.29 is 18.3 Å². The van der Waals surface area contributed by atoms with Gasteiger partial charge in [0.15, 0.2) is 0 Å². The van der Waals surface area contributed by atoms with Crippen LogP contribution in [0.2, 0.25) is 0 Å². The normalized spacial score (nSPS) is 12.3. The molecule has 0 aliphatic rings. The average molecular weight is 412 g/mol. The molecule has 0 unspecified atom stereocenters. The van der Waals surface area contributed by atoms with Crippen molar-refractivity contribution in [2.24, 2.45) is 0 Å². The highest BCUT2D eigenvalue weighted by Gasteiger charge is 2.27. The Morgan fingerprint density at radius 2 is 1.48 bits per heavy atom. The van der Waals surface area contributed by atoms with E-state index in [4.69, 9.17) is 4.74 Å². The Hall–Kier alpha value is -2.83. The molecule has 0 heterocycles. The SMILES string of the molecule is CCc1ccc(OC[C@H](O)CN(c2ccccc2)S(=O)(=O)c2ccccc2)cc1. The summed E-state index contributed by atoms with van der Waals surface area (Å²) < 4.78 is 33.2. The summed E-state index contributed by atoms with van der Waals surface area (Å²) in [6, 6.07) is 24.6. The average Bonchev–Trinajstić information content (AvgIpc) is 2.77. The van der Waals surface area contributed by atoms with Gasteiger partial charge in [0.2, 0.25) is 0 Å². The number of sulfonamides is 1. The zero-order valence-corrected chi connectivity index (χ0v) is 17.1. The first-order chi connectivity index (χ1) is 14.0. The second-order valence-electron chi connectivity index (χ2n) is 6.65. The Labute approximate surface area is 172 Å². The molecule has 1 N–H and O–H groups in total. The van der Waals surface area contributed by atoms with Crippen LogP contribution in [0.4, 0.5) is 5.69 Å². The molecular formula is C23H25NO4S. The maximum Gasteiger partial charge on any atom is 0.264 e. The molecule has 0 spiro atoms. The molecule has 0 saturated carbocycles. The van der Waals surface area contributed by atoms with E-state index in [-0.39, 0.29) is 18.0 Å². The number of hydrogen-bond donors (Lipinski definition) is 1. The highest BCUT2D eigenvalue weighted by Crippen LogP contribution is 2.24. The van der Waals surface area contributed by atoms with Gasteiger partial charge in [-0.1, -0.05) is 55.5 Å². The second-order valence-corrected chi connectivity index (χ2v) is 8.51. The first-order valence-corrected chi connectivity index (χ1v) is 11.0. The first kappa shape index (κ1) is 20.9. The fourth-order valence-corrected chi connectivity index (χ4v) is 4.44. The van der Waals surface area contributed by atoms with Crippen LogP contribution >= 0.6 is 0 Å². The topological polar surface area (TPSA) is 66.8 Å². The minimum atomic E-state index is -3.82. The Bertz CT molecular complexity index is 990. The maximum atomic E-state index is 13.2. The zero-order valence-electron chi connectivity index (χ0n) is 16.3. The van der Waals surface area contributed by atoms with Crippen molar-refractivity contribution in [3.63, 3.8) is 0 Å². The van der Waals surface area contributed by atoms with Crippen LogP contribution in [0.5, 0.6) is 5.75 Å². The van der Waals surface area contributed by atoms with Crippen molar-refractivity contribution >= 4 is 15.7 Å². The zero-order chi connectivity index (χ0) is 20.7. The summed E-state index contributed by atoms with van der Waals surface area (Å²) >= 11 is 0. The molecule has 0 bridgehead atoms. The number of para-hydroxylation sites is 1. The van der Waals surface area contributed by atoms with E-state index < -0.39 is 16.1 Å². The van der Waals surface area contributed by atoms with Gasteiger partial charge >= 0.3 is 0 Å². The van der Waals surface area contributed by atoms with Gasteiger partial charge in [-0.3, -0.25) is 4.31 Å². The Balaban J connectivity index is 1.76. The lowest BCUT2D eigenvalue weighted by atomic mass is 10.2. The van der Waals surface area contributed by atoms with Gasteiger partial charge in [-0.2, -0.15) is 0 Å². The minimum absolute atomic E-state index is 0.0148. The number of ether oxygens (including phenoxy) is 1. The van der Waals surface area contributed by atoms with Gasteiger partial charge in [-0.25, -0.2) is 8.42 Å². The van der Waals surface area contributed by atoms with Crippen LogP contribution in [0, 0.1) is 0 Å². The van der Waals surface area contributed by atoms with E-state index in [1.54, 1.807) is 54.6 Å². The Morgan fingerprint density at radius 3 is 2.07 bits per heavy atom. The van der Waals surface area contributed by atoms with Gasteiger partial charge in [0.05, 0.1) is 17.1 Å². The van der Waals surface area contributed by atoms with E-state index in [2.05, 4.69) is 6.92 Å². The number of rotatable bonds is 9. The highest BCUT2D eigenvalue weighted by atomic mass is 32.2. The number of aliphatic hydroxyl groups is 1. The maximum absolute atomic E-state index is 13.2. The van der Waals surface area contributed by atoms with Gasteiger partial charge in [0.1, 0.15) is 18.5 Å². The lowest BCUT2D eigenvalue weighted by molar-refractivity contribution is 0.115. The van der Waals surface area contributed by atoms with Crippen LogP contribution in [0.3, 0.4) is 0 Å². The van der Waals surface area contributed by atoms with E-state index in [1.165, 1.54) is 9.87 Å². The molecule has 1 atom stereocenters. The number of aliphatic hydroxyl groups excluding tert-OH is 1. The second kappa shape index (κ2) is 9.58. The van der Waals surface area contributed by atoms with Gasteiger partial charge < -0.3 is 9.84 Å². The largest absolute Gasteiger partial charge is 0.491 e. The van der Waals surface area contributed by atoms with Crippen LogP contribution in [0.15, 0.2) is 89.8 Å². The Morgan fingerprint density at radius 1 is 0.897 bits per heavy atom. The van der Waals surface area contributed by atoms with Gasteiger partial charge in [0.25, 0.3) is 10.0 Å². The molecule has 0 radical (unpaired) electrons. The van der Waals surface area contributed by atoms with Crippen molar-refractivity contribution in [3.8, 4) is 5.75 Å². The molecule has 0 aromatic heterocycles. The van der Waals surface area contributed by atoms with Crippen LogP contribution < -0.4 is 9.04 Å². The summed E-state index contributed by atoms with van der Waals surface area (Å²) in [6.07, 6.45) is -0.0636. The third-order valence-corrected chi connectivity index (χ3v) is 6.33. The predicted molar refractivity (Wildman–Crippen MR) is 115 cm³/mol. The molecule has 3 aromatic carbocycles. The summed E-state index contributed by atoms with van der Waals surface area (Å²) in [5.74, 6) is 0.637. The van der Waals surface area contributed by atoms with E-state index in [1.807, 2.05) is 30.3 Å². The van der Waals surface area contributed by atoms with Crippen molar-refractivity contribution in [3.05, 3.63) is 90.5 Å². The molecule has 6 heteroatoms. The molecule has 3 aromatic rings. The lowest BCUT2D eigenvalue weighted by Crippen LogP contribution is -2.39. The van der Waals surface area contributed by atoms with Gasteiger partial charge in [-0.05, 0) is 48.4 Å². The monoisotopic (exact) mass is 411 g/mol. The molecule has 0 fully saturated rings. The summed E-state index contributed by atoms with van der Waals surface area (Å²) in [4.78, 5) is 0.173. The van der Waals surface area contributed by atoms with Crippen molar-refractivity contribution in [2.45, 2.75) is 24.3 Å². The van der Waals surface area contributed by atoms with E-state index in [0.717, 1.165) is 6.42 Å². The lowest BCUT2D eigenvalue weighted by Gasteiger charge is -2.27. The fourth-order valence-electron chi connectivity index (χ4n) is 2.91. The van der Waals surface area contributed by atoms with Crippen molar-refractivity contribution in [2.75, 3.05) is 17.5 Å². The van der Waals surface area contributed by atoms with Crippen molar-refractivity contribution in [1.29, 1.82) is 0 Å². The number of hydrogen-bond acceptors (Lipinski definition) is 4. The molecular weight excluding hydrogens is 386 g/mol. The van der Waals surface area contributed by atoms with Gasteiger partial charge in [0, 0.05) is 0 Å². The minimum Gasteiger partial charge on any atom is -0.491 e. The quantitative estimate of drug-likeness (QED) is 0.580. The van der Waals surface area contributed by atoms with E-state index in [9.17, 15) is 13.5 Å². The molecule has 3 rings (SSSR count). The van der Waals surface area contributed by atoms with Gasteiger partial charge in [-0.15, -0.1) is 0 Å². The van der Waals surface area contributed by atoms with Crippen LogP contribution in [0.1, 0.15) is 12.5 Å². The number of benzene rings is 3. The highest BCUT2D eigenvalue weighted by molar-refractivity contribution is 7.92. The van der Waals surface area contributed by atoms with Crippen LogP contribution in [-0.2, 0) is 16.4 Å². The van der Waals surface area contributed by atoms with E-state index in [0.29, 0.717) is 11.4 Å². The molecule has 152 valence electrons. The standard InChI is InChI=1S/C23H25NO4S/c1-2-19-13-15-22(16-14-19)28-18-21(25)17-24(20-9-5-3-6-10-20)29(26,27)23-11-7-4-8-12-23/h3-16,21,25H,2,17-18H2,1H3/t21-/m1/s1. The molecule has 29 heavy (non-hydrogen) atoms. The first-order valence-electron chi connectivity index (χ1n) is 9.53. The smallest absolute Gasteiger partial charge is 0.264 e. The third kappa shape index (κ3) is 5.37. The number of anilines is 1. The van der Waals surface area contributed by atoms with E-state index >= 15 is 0 Å². The molecule has 5 nitrogen and oxygen atoms in total. The molecule has 0 saturated heterocycles. The third-order valence-electron chi connectivity index (χ3n) is 4.53.